The lowest BCUT2D eigenvalue weighted by Gasteiger charge is -2.15. The summed E-state index contributed by atoms with van der Waals surface area (Å²) >= 11 is 11.6. The molecule has 0 saturated heterocycles. The highest BCUT2D eigenvalue weighted by Gasteiger charge is 2.21. The number of anilines is 1. The van der Waals surface area contributed by atoms with Crippen molar-refractivity contribution in [1.82, 2.24) is 9.78 Å². The lowest BCUT2D eigenvalue weighted by Crippen LogP contribution is -2.13. The van der Waals surface area contributed by atoms with Gasteiger partial charge >= 0.3 is 0 Å². The monoisotopic (exact) mass is 301 g/mol. The van der Waals surface area contributed by atoms with Crippen LogP contribution in [-0.4, -0.2) is 16.4 Å². The van der Waals surface area contributed by atoms with Crippen LogP contribution >= 0.6 is 23.2 Å². The molecule has 0 atom stereocenters. The summed E-state index contributed by atoms with van der Waals surface area (Å²) < 4.78 is 20.4. The van der Waals surface area contributed by atoms with Gasteiger partial charge in [0.25, 0.3) is 0 Å². The molecule has 2 heterocycles. The highest BCUT2D eigenvalue weighted by molar-refractivity contribution is 6.35. The van der Waals surface area contributed by atoms with Crippen LogP contribution in [0.1, 0.15) is 11.3 Å². The van der Waals surface area contributed by atoms with Crippen LogP contribution < -0.4 is 5.73 Å². The molecule has 1 aliphatic heterocycles. The molecule has 19 heavy (non-hydrogen) atoms. The van der Waals surface area contributed by atoms with E-state index in [9.17, 15) is 4.39 Å². The number of ether oxygens (including phenoxy) is 1. The van der Waals surface area contributed by atoms with Crippen LogP contribution in [0.4, 0.5) is 10.2 Å². The molecule has 0 amide bonds. The van der Waals surface area contributed by atoms with Gasteiger partial charge in [-0.2, -0.15) is 5.10 Å². The van der Waals surface area contributed by atoms with Crippen LogP contribution in [0.25, 0.3) is 5.69 Å². The van der Waals surface area contributed by atoms with Crippen LogP contribution in [-0.2, 0) is 17.8 Å². The number of aromatic nitrogens is 2. The molecule has 0 radical (unpaired) electrons. The Kier molecular flexibility index (Phi) is 3.12. The first kappa shape index (κ1) is 12.7. The lowest BCUT2D eigenvalue weighted by molar-refractivity contribution is 0.110. The standard InChI is InChI=1S/C12H10Cl2FN3O/c13-8-3-6(4-9(14)11(8)15)18-10-1-2-19-5-7(10)12(16)17-18/h3-4H,1-2,5H2,(H2,16,17). The van der Waals surface area contributed by atoms with Crippen molar-refractivity contribution in [2.75, 3.05) is 12.3 Å². The number of hydrogen-bond acceptors (Lipinski definition) is 3. The third kappa shape index (κ3) is 2.08. The summed E-state index contributed by atoms with van der Waals surface area (Å²) in [5.74, 6) is -0.226. The van der Waals surface area contributed by atoms with Crippen LogP contribution in [0.3, 0.4) is 0 Å². The number of hydrogen-bond donors (Lipinski definition) is 1. The fraction of sp³-hybridized carbons (Fsp3) is 0.250. The van der Waals surface area contributed by atoms with Gasteiger partial charge in [0.1, 0.15) is 0 Å². The van der Waals surface area contributed by atoms with E-state index in [2.05, 4.69) is 5.10 Å². The van der Waals surface area contributed by atoms with Gasteiger partial charge in [-0.1, -0.05) is 23.2 Å². The van der Waals surface area contributed by atoms with Crippen molar-refractivity contribution in [3.63, 3.8) is 0 Å². The summed E-state index contributed by atoms with van der Waals surface area (Å²) in [7, 11) is 0. The maximum Gasteiger partial charge on any atom is 0.160 e. The van der Waals surface area contributed by atoms with E-state index in [-0.39, 0.29) is 10.0 Å². The van der Waals surface area contributed by atoms with E-state index in [4.69, 9.17) is 33.7 Å². The molecule has 2 N–H and O–H groups in total. The summed E-state index contributed by atoms with van der Waals surface area (Å²) in [6.45, 7) is 1.03. The Morgan fingerprint density at radius 1 is 1.32 bits per heavy atom. The molecule has 0 spiro atoms. The molecule has 100 valence electrons. The second-order valence-corrected chi connectivity index (χ2v) is 5.06. The maximum atomic E-state index is 13.4. The minimum atomic E-state index is -0.635. The van der Waals surface area contributed by atoms with E-state index in [1.165, 1.54) is 12.1 Å². The van der Waals surface area contributed by atoms with Gasteiger partial charge in [0.15, 0.2) is 11.6 Å². The summed E-state index contributed by atoms with van der Waals surface area (Å²) in [6.07, 6.45) is 0.687. The minimum absolute atomic E-state index is 0.0441. The van der Waals surface area contributed by atoms with E-state index in [1.54, 1.807) is 4.68 Å². The van der Waals surface area contributed by atoms with Gasteiger partial charge in [-0.15, -0.1) is 0 Å². The SMILES string of the molecule is Nc1nn(-c2cc(Cl)c(F)c(Cl)c2)c2c1COCC2. The van der Waals surface area contributed by atoms with Crippen LogP contribution in [0.2, 0.25) is 10.0 Å². The van der Waals surface area contributed by atoms with Crippen molar-refractivity contribution in [3.05, 3.63) is 39.3 Å². The summed E-state index contributed by atoms with van der Waals surface area (Å²) in [6, 6.07) is 2.95. The molecule has 1 aromatic carbocycles. The number of rotatable bonds is 1. The van der Waals surface area contributed by atoms with Crippen LogP contribution in [0.5, 0.6) is 0 Å². The fourth-order valence-corrected chi connectivity index (χ4v) is 2.61. The van der Waals surface area contributed by atoms with Gasteiger partial charge in [-0.05, 0) is 12.1 Å². The van der Waals surface area contributed by atoms with Gasteiger partial charge in [0, 0.05) is 12.0 Å². The van der Waals surface area contributed by atoms with Crippen LogP contribution in [0, 0.1) is 5.82 Å². The highest BCUT2D eigenvalue weighted by atomic mass is 35.5. The Labute approximate surface area is 118 Å². The first-order chi connectivity index (χ1) is 9.08. The third-order valence-corrected chi connectivity index (χ3v) is 3.61. The second kappa shape index (κ2) is 4.67. The molecule has 1 aromatic heterocycles. The van der Waals surface area contributed by atoms with E-state index in [0.717, 1.165) is 11.3 Å². The Morgan fingerprint density at radius 3 is 2.68 bits per heavy atom. The van der Waals surface area contributed by atoms with Gasteiger partial charge in [-0.3, -0.25) is 0 Å². The lowest BCUT2D eigenvalue weighted by atomic mass is 10.1. The number of nitrogen functional groups attached to an aromatic ring is 1. The van der Waals surface area contributed by atoms with Gasteiger partial charge in [0.2, 0.25) is 0 Å². The van der Waals surface area contributed by atoms with E-state index in [1.807, 2.05) is 0 Å². The second-order valence-electron chi connectivity index (χ2n) is 4.25. The van der Waals surface area contributed by atoms with E-state index in [0.29, 0.717) is 31.1 Å². The first-order valence-corrected chi connectivity index (χ1v) is 6.42. The molecule has 2 aromatic rings. The third-order valence-electron chi connectivity index (χ3n) is 3.06. The average Bonchev–Trinajstić information content (AvgIpc) is 2.74. The number of nitrogens with two attached hydrogens (primary N) is 1. The molecule has 3 rings (SSSR count). The quantitative estimate of drug-likeness (QED) is 0.824. The molecule has 1 aliphatic rings. The zero-order valence-corrected chi connectivity index (χ0v) is 11.3. The summed E-state index contributed by atoms with van der Waals surface area (Å²) in [5, 5.41) is 4.16. The Hall–Kier alpha value is -1.30. The largest absolute Gasteiger partial charge is 0.382 e. The average molecular weight is 302 g/mol. The molecular formula is C12H10Cl2FN3O. The topological polar surface area (TPSA) is 53.1 Å². The normalized spacial score (nSPS) is 14.5. The van der Waals surface area contributed by atoms with Crippen molar-refractivity contribution in [2.45, 2.75) is 13.0 Å². The fourth-order valence-electron chi connectivity index (χ4n) is 2.14. The Bertz CT molecular complexity index is 634. The highest BCUT2D eigenvalue weighted by Crippen LogP contribution is 2.30. The van der Waals surface area contributed by atoms with Gasteiger partial charge < -0.3 is 10.5 Å². The zero-order valence-electron chi connectivity index (χ0n) is 9.79. The number of benzene rings is 1. The molecule has 0 bridgehead atoms. The maximum absolute atomic E-state index is 13.4. The smallest absolute Gasteiger partial charge is 0.160 e. The predicted octanol–water partition coefficient (Wildman–Crippen LogP) is 2.97. The molecule has 4 nitrogen and oxygen atoms in total. The minimum Gasteiger partial charge on any atom is -0.382 e. The van der Waals surface area contributed by atoms with Gasteiger partial charge in [0.05, 0.1) is 34.6 Å². The van der Waals surface area contributed by atoms with Crippen molar-refractivity contribution in [1.29, 1.82) is 0 Å². The van der Waals surface area contributed by atoms with Crippen molar-refractivity contribution in [3.8, 4) is 5.69 Å². The number of halogens is 3. The Morgan fingerprint density at radius 2 is 2.00 bits per heavy atom. The van der Waals surface area contributed by atoms with E-state index >= 15 is 0 Å². The molecule has 0 saturated carbocycles. The number of nitrogens with zero attached hydrogens (tertiary/aromatic N) is 2. The van der Waals surface area contributed by atoms with Crippen molar-refractivity contribution < 1.29 is 9.13 Å². The van der Waals surface area contributed by atoms with Gasteiger partial charge in [-0.25, -0.2) is 9.07 Å². The van der Waals surface area contributed by atoms with Crippen molar-refractivity contribution >= 4 is 29.0 Å². The first-order valence-electron chi connectivity index (χ1n) is 5.67. The van der Waals surface area contributed by atoms with E-state index < -0.39 is 5.82 Å². The zero-order chi connectivity index (χ0) is 13.6. The molecule has 0 fully saturated rings. The predicted molar refractivity (Wildman–Crippen MR) is 71.3 cm³/mol. The van der Waals surface area contributed by atoms with Crippen LogP contribution in [0.15, 0.2) is 12.1 Å². The van der Waals surface area contributed by atoms with Crippen molar-refractivity contribution in [2.24, 2.45) is 0 Å². The molecular weight excluding hydrogens is 292 g/mol. The Balaban J connectivity index is 2.17. The molecule has 7 heteroatoms. The summed E-state index contributed by atoms with van der Waals surface area (Å²) in [4.78, 5) is 0. The molecule has 0 aliphatic carbocycles. The molecule has 0 unspecified atom stereocenters. The summed E-state index contributed by atoms with van der Waals surface area (Å²) in [5.41, 5.74) is 8.25. The number of fused-ring (bicyclic) bond motifs is 1.